The van der Waals surface area contributed by atoms with Crippen molar-refractivity contribution >= 4 is 10.7 Å². The summed E-state index contributed by atoms with van der Waals surface area (Å²) in [5.41, 5.74) is -11.0. The van der Waals surface area contributed by atoms with E-state index in [1.807, 2.05) is 0 Å². The lowest BCUT2D eigenvalue weighted by Crippen LogP contribution is -2.28. The van der Waals surface area contributed by atoms with E-state index in [0.717, 1.165) is 6.67 Å². The van der Waals surface area contributed by atoms with E-state index >= 15 is 0 Å². The zero-order chi connectivity index (χ0) is 16.0. The number of nitrogens with zero attached hydrogens (tertiary/aromatic N) is 2. The second-order valence-electron chi connectivity index (χ2n) is 4.06. The maximum atomic E-state index is 11.0. The Morgan fingerprint density at radius 3 is 1.85 bits per heavy atom. The predicted molar refractivity (Wildman–Crippen MR) is 65.6 cm³/mol. The Hall–Kier alpha value is -0.930. The van der Waals surface area contributed by atoms with Crippen LogP contribution in [0, 0.1) is 4.78 Å². The standard InChI is InChI=1S/C8H16N2.C2HF6NS/c1-3-4-5-10-7-6-9(2)8-10;3-1(4,5)10(9)2(6,7)8/h6-7H,3-5,8H2,1-2H3;9H. The highest BCUT2D eigenvalue weighted by molar-refractivity contribution is 7.87. The topological polar surface area (TPSA) is 30.3 Å². The normalized spacial score (nSPS) is 15.7. The van der Waals surface area contributed by atoms with Crippen LogP contribution in [0.1, 0.15) is 19.8 Å². The Bertz CT molecular complexity index is 323. The van der Waals surface area contributed by atoms with Crippen molar-refractivity contribution in [3.05, 3.63) is 12.4 Å². The Morgan fingerprint density at radius 2 is 1.60 bits per heavy atom. The monoisotopic (exact) mass is 325 g/mol. The van der Waals surface area contributed by atoms with Gasteiger partial charge in [0.2, 0.25) is 0 Å². The second-order valence-corrected chi connectivity index (χ2v) is 5.60. The first-order valence-electron chi connectivity index (χ1n) is 5.70. The quantitative estimate of drug-likeness (QED) is 0.799. The van der Waals surface area contributed by atoms with Crippen LogP contribution in [0.15, 0.2) is 12.4 Å². The summed E-state index contributed by atoms with van der Waals surface area (Å²) in [4.78, 5) is 4.53. The SMILES string of the molecule is CCCCN1C=CN(C)C1.N=S(C(F)(F)F)C(F)(F)F. The molecule has 10 heteroatoms. The van der Waals surface area contributed by atoms with Gasteiger partial charge in [0.25, 0.3) is 0 Å². The van der Waals surface area contributed by atoms with Crippen molar-refractivity contribution in [2.75, 3.05) is 20.3 Å². The molecule has 0 fully saturated rings. The molecule has 0 spiro atoms. The molecule has 0 amide bonds. The fraction of sp³-hybridized carbons (Fsp3) is 0.800. The molecule has 3 nitrogen and oxygen atoms in total. The first kappa shape index (κ1) is 19.1. The lowest BCUT2D eigenvalue weighted by atomic mass is 10.3. The van der Waals surface area contributed by atoms with E-state index in [1.165, 1.54) is 19.4 Å². The third-order valence-corrected chi connectivity index (χ3v) is 3.12. The molecular formula is C10H17F6N3S. The number of rotatable bonds is 3. The predicted octanol–water partition coefficient (Wildman–Crippen LogP) is 3.87. The van der Waals surface area contributed by atoms with E-state index in [1.54, 1.807) is 0 Å². The minimum Gasteiger partial charge on any atom is -0.362 e. The molecule has 1 heterocycles. The molecule has 0 radical (unpaired) electrons. The molecule has 1 N–H and O–H groups in total. The van der Waals surface area contributed by atoms with Crippen LogP contribution in [-0.2, 0) is 10.7 Å². The number of unbranched alkanes of at least 4 members (excludes halogenated alkanes) is 1. The van der Waals surface area contributed by atoms with Gasteiger partial charge in [-0.3, -0.25) is 4.78 Å². The molecule has 0 saturated heterocycles. The Labute approximate surface area is 116 Å². The molecule has 0 atom stereocenters. The molecule has 0 aromatic carbocycles. The highest BCUT2D eigenvalue weighted by Crippen LogP contribution is 2.33. The fourth-order valence-corrected chi connectivity index (χ4v) is 1.49. The summed E-state index contributed by atoms with van der Waals surface area (Å²) in [5, 5.41) is 0. The Morgan fingerprint density at radius 1 is 1.10 bits per heavy atom. The van der Waals surface area contributed by atoms with Crippen molar-refractivity contribution in [2.45, 2.75) is 30.8 Å². The van der Waals surface area contributed by atoms with Crippen LogP contribution in [0.2, 0.25) is 0 Å². The van der Waals surface area contributed by atoms with E-state index in [2.05, 4.69) is 36.2 Å². The van der Waals surface area contributed by atoms with Crippen molar-refractivity contribution in [1.29, 1.82) is 4.78 Å². The van der Waals surface area contributed by atoms with Gasteiger partial charge in [0, 0.05) is 26.0 Å². The zero-order valence-corrected chi connectivity index (χ0v) is 11.9. The maximum absolute atomic E-state index is 11.0. The molecule has 0 aromatic rings. The molecule has 0 saturated carbocycles. The minimum absolute atomic E-state index is 1.07. The van der Waals surface area contributed by atoms with Crippen molar-refractivity contribution in [2.24, 2.45) is 0 Å². The van der Waals surface area contributed by atoms with Crippen molar-refractivity contribution in [3.63, 3.8) is 0 Å². The lowest BCUT2D eigenvalue weighted by Gasteiger charge is -2.17. The van der Waals surface area contributed by atoms with E-state index in [-0.39, 0.29) is 0 Å². The summed E-state index contributed by atoms with van der Waals surface area (Å²) in [6, 6.07) is 0. The number of alkyl halides is 6. The summed E-state index contributed by atoms with van der Waals surface area (Å²) in [6.07, 6.45) is 6.87. The molecule has 0 aromatic heterocycles. The number of halogens is 6. The fourth-order valence-electron chi connectivity index (χ4n) is 1.23. The molecule has 0 unspecified atom stereocenters. The number of nitrogens with one attached hydrogen (secondary N) is 1. The number of hydrogen-bond donors (Lipinski definition) is 1. The second kappa shape index (κ2) is 7.75. The van der Waals surface area contributed by atoms with Crippen molar-refractivity contribution < 1.29 is 26.3 Å². The molecular weight excluding hydrogens is 308 g/mol. The Balaban J connectivity index is 0.000000361. The van der Waals surface area contributed by atoms with Gasteiger partial charge in [-0.25, -0.2) is 0 Å². The summed E-state index contributed by atoms with van der Waals surface area (Å²) in [5.74, 6) is 0. The van der Waals surface area contributed by atoms with Crippen LogP contribution in [0.25, 0.3) is 0 Å². The molecule has 1 rings (SSSR count). The first-order valence-corrected chi connectivity index (χ1v) is 6.92. The van der Waals surface area contributed by atoms with Gasteiger partial charge < -0.3 is 9.80 Å². The van der Waals surface area contributed by atoms with Crippen LogP contribution in [-0.4, -0.2) is 41.1 Å². The molecule has 0 bridgehead atoms. The zero-order valence-electron chi connectivity index (χ0n) is 11.1. The van der Waals surface area contributed by atoms with Crippen LogP contribution in [0.5, 0.6) is 0 Å². The lowest BCUT2D eigenvalue weighted by molar-refractivity contribution is -0.0754. The van der Waals surface area contributed by atoms with Gasteiger partial charge in [0.1, 0.15) is 10.7 Å². The van der Waals surface area contributed by atoms with Gasteiger partial charge in [0.05, 0.1) is 6.67 Å². The third kappa shape index (κ3) is 7.61. The van der Waals surface area contributed by atoms with E-state index in [0.29, 0.717) is 0 Å². The van der Waals surface area contributed by atoms with Gasteiger partial charge >= 0.3 is 11.0 Å². The Kier molecular flexibility index (Phi) is 7.39. The maximum Gasteiger partial charge on any atom is 0.460 e. The summed E-state index contributed by atoms with van der Waals surface area (Å²) < 4.78 is 72.0. The van der Waals surface area contributed by atoms with Crippen LogP contribution in [0.4, 0.5) is 26.3 Å². The average molecular weight is 325 g/mol. The van der Waals surface area contributed by atoms with Crippen LogP contribution in [0.3, 0.4) is 0 Å². The summed E-state index contributed by atoms with van der Waals surface area (Å²) in [6.45, 7) is 4.50. The van der Waals surface area contributed by atoms with Gasteiger partial charge in [-0.1, -0.05) is 13.3 Å². The van der Waals surface area contributed by atoms with Gasteiger partial charge in [-0.15, -0.1) is 0 Å². The summed E-state index contributed by atoms with van der Waals surface area (Å²) in [7, 11) is -2.15. The van der Waals surface area contributed by atoms with Crippen LogP contribution >= 0.6 is 0 Å². The minimum atomic E-state index is -5.49. The molecule has 20 heavy (non-hydrogen) atoms. The van der Waals surface area contributed by atoms with E-state index in [9.17, 15) is 26.3 Å². The van der Waals surface area contributed by atoms with E-state index < -0.39 is 21.7 Å². The third-order valence-electron chi connectivity index (χ3n) is 2.20. The molecule has 120 valence electrons. The smallest absolute Gasteiger partial charge is 0.362 e. The highest BCUT2D eigenvalue weighted by Gasteiger charge is 2.50. The van der Waals surface area contributed by atoms with Gasteiger partial charge in [-0.05, 0) is 6.42 Å². The van der Waals surface area contributed by atoms with Gasteiger partial charge in [0.15, 0.2) is 0 Å². The summed E-state index contributed by atoms with van der Waals surface area (Å²) >= 11 is 0. The van der Waals surface area contributed by atoms with Crippen LogP contribution < -0.4 is 0 Å². The van der Waals surface area contributed by atoms with Crippen molar-refractivity contribution in [1.82, 2.24) is 9.80 Å². The highest BCUT2D eigenvalue weighted by atomic mass is 32.2. The first-order chi connectivity index (χ1) is 8.98. The van der Waals surface area contributed by atoms with Gasteiger partial charge in [-0.2, -0.15) is 26.3 Å². The average Bonchev–Trinajstić information content (AvgIpc) is 2.70. The largest absolute Gasteiger partial charge is 0.460 e. The molecule has 0 aliphatic carbocycles. The molecule has 1 aliphatic heterocycles. The molecule has 1 aliphatic rings. The van der Waals surface area contributed by atoms with E-state index in [4.69, 9.17) is 4.78 Å². The van der Waals surface area contributed by atoms with Crippen molar-refractivity contribution in [3.8, 4) is 0 Å². The number of hydrogen-bond acceptors (Lipinski definition) is 3.